The van der Waals surface area contributed by atoms with Crippen LogP contribution < -0.4 is 10.2 Å². The van der Waals surface area contributed by atoms with Gasteiger partial charge in [-0.3, -0.25) is 4.90 Å². The SMILES string of the molecule is COC(=O)C1=C(C)N(c2ccc(F)cc2)C(=S)N[C@@H]1c1cccc(C)c1. The Hall–Kier alpha value is -2.73. The Balaban J connectivity index is 2.13. The van der Waals surface area contributed by atoms with Crippen LogP contribution in [0.1, 0.15) is 24.1 Å². The van der Waals surface area contributed by atoms with Crippen molar-refractivity contribution >= 4 is 29.0 Å². The normalized spacial score (nSPS) is 17.2. The molecule has 0 saturated heterocycles. The molecule has 0 unspecified atom stereocenters. The summed E-state index contributed by atoms with van der Waals surface area (Å²) >= 11 is 5.54. The molecule has 6 heteroatoms. The average Bonchev–Trinajstić information content (AvgIpc) is 2.62. The minimum Gasteiger partial charge on any atom is -0.466 e. The van der Waals surface area contributed by atoms with Crippen LogP contribution in [0.5, 0.6) is 0 Å². The van der Waals surface area contributed by atoms with Crippen molar-refractivity contribution in [3.05, 3.63) is 76.7 Å². The lowest BCUT2D eigenvalue weighted by Crippen LogP contribution is -2.48. The van der Waals surface area contributed by atoms with Crippen LogP contribution in [-0.2, 0) is 9.53 Å². The van der Waals surface area contributed by atoms with Crippen molar-refractivity contribution in [3.8, 4) is 0 Å². The number of hydrogen-bond acceptors (Lipinski definition) is 3. The molecule has 0 amide bonds. The number of methoxy groups -OCH3 is 1. The van der Waals surface area contributed by atoms with Gasteiger partial charge >= 0.3 is 5.97 Å². The van der Waals surface area contributed by atoms with Gasteiger partial charge in [0.25, 0.3) is 0 Å². The van der Waals surface area contributed by atoms with Gasteiger partial charge < -0.3 is 10.1 Å². The first-order chi connectivity index (χ1) is 12.4. The van der Waals surface area contributed by atoms with E-state index in [4.69, 9.17) is 17.0 Å². The molecule has 0 saturated carbocycles. The van der Waals surface area contributed by atoms with Crippen molar-refractivity contribution in [1.82, 2.24) is 5.32 Å². The molecule has 0 radical (unpaired) electrons. The number of carbonyl (C=O) groups is 1. The second-order valence-corrected chi connectivity index (χ2v) is 6.49. The summed E-state index contributed by atoms with van der Waals surface area (Å²) in [6.45, 7) is 3.80. The van der Waals surface area contributed by atoms with Crippen molar-refractivity contribution < 1.29 is 13.9 Å². The zero-order valence-corrected chi connectivity index (χ0v) is 15.6. The first kappa shape index (κ1) is 18.1. The van der Waals surface area contributed by atoms with Crippen molar-refractivity contribution in [3.63, 3.8) is 0 Å². The number of allylic oxidation sites excluding steroid dienone is 1. The molecule has 1 atom stereocenters. The largest absolute Gasteiger partial charge is 0.466 e. The van der Waals surface area contributed by atoms with Crippen molar-refractivity contribution in [2.75, 3.05) is 12.0 Å². The Morgan fingerprint density at radius 2 is 1.88 bits per heavy atom. The molecule has 1 aliphatic heterocycles. The van der Waals surface area contributed by atoms with Gasteiger partial charge in [0.15, 0.2) is 5.11 Å². The molecule has 0 spiro atoms. The fourth-order valence-electron chi connectivity index (χ4n) is 3.12. The monoisotopic (exact) mass is 370 g/mol. The molecule has 0 aliphatic carbocycles. The van der Waals surface area contributed by atoms with Gasteiger partial charge in [-0.1, -0.05) is 29.8 Å². The van der Waals surface area contributed by atoms with Gasteiger partial charge in [0.2, 0.25) is 0 Å². The maximum Gasteiger partial charge on any atom is 0.337 e. The summed E-state index contributed by atoms with van der Waals surface area (Å²) in [5.41, 5.74) is 3.80. The fourth-order valence-corrected chi connectivity index (χ4v) is 3.48. The molecular formula is C20H19FN2O2S. The molecule has 0 aromatic heterocycles. The molecule has 1 aliphatic rings. The highest BCUT2D eigenvalue weighted by Crippen LogP contribution is 2.34. The maximum absolute atomic E-state index is 13.3. The number of anilines is 1. The van der Waals surface area contributed by atoms with Crippen LogP contribution in [0, 0.1) is 12.7 Å². The van der Waals surface area contributed by atoms with E-state index < -0.39 is 12.0 Å². The Morgan fingerprint density at radius 1 is 1.19 bits per heavy atom. The number of carbonyl (C=O) groups excluding carboxylic acids is 1. The van der Waals surface area contributed by atoms with E-state index in [9.17, 15) is 9.18 Å². The number of nitrogens with zero attached hydrogens (tertiary/aromatic N) is 1. The van der Waals surface area contributed by atoms with Crippen molar-refractivity contribution in [1.29, 1.82) is 0 Å². The molecule has 26 heavy (non-hydrogen) atoms. The smallest absolute Gasteiger partial charge is 0.337 e. The van der Waals surface area contributed by atoms with E-state index in [0.717, 1.165) is 11.1 Å². The molecule has 4 nitrogen and oxygen atoms in total. The first-order valence-electron chi connectivity index (χ1n) is 8.14. The zero-order valence-electron chi connectivity index (χ0n) is 14.7. The Bertz CT molecular complexity index is 893. The lowest BCUT2D eigenvalue weighted by atomic mass is 9.94. The molecule has 2 aromatic carbocycles. The van der Waals surface area contributed by atoms with Gasteiger partial charge in [-0.15, -0.1) is 0 Å². The van der Waals surface area contributed by atoms with Gasteiger partial charge in [0.1, 0.15) is 5.82 Å². The second kappa shape index (κ2) is 7.25. The summed E-state index contributed by atoms with van der Waals surface area (Å²) in [4.78, 5) is 14.2. The third kappa shape index (κ3) is 3.32. The zero-order chi connectivity index (χ0) is 18.8. The van der Waals surface area contributed by atoms with Gasteiger partial charge in [-0.2, -0.15) is 0 Å². The lowest BCUT2D eigenvalue weighted by Gasteiger charge is -2.37. The predicted octanol–water partition coefficient (Wildman–Crippen LogP) is 4.02. The summed E-state index contributed by atoms with van der Waals surface area (Å²) in [7, 11) is 1.35. The molecule has 0 fully saturated rings. The highest BCUT2D eigenvalue weighted by Gasteiger charge is 2.35. The minimum atomic E-state index is -0.434. The van der Waals surface area contributed by atoms with E-state index in [1.807, 2.05) is 38.1 Å². The van der Waals surface area contributed by atoms with Crippen molar-refractivity contribution in [2.24, 2.45) is 0 Å². The molecule has 2 aromatic rings. The minimum absolute atomic E-state index is 0.336. The van der Waals surface area contributed by atoms with E-state index in [0.29, 0.717) is 22.1 Å². The van der Waals surface area contributed by atoms with E-state index in [-0.39, 0.29) is 5.82 Å². The number of benzene rings is 2. The molecule has 3 rings (SSSR count). The second-order valence-electron chi connectivity index (χ2n) is 6.10. The topological polar surface area (TPSA) is 41.6 Å². The van der Waals surface area contributed by atoms with Crippen LogP contribution in [0.15, 0.2) is 59.8 Å². The van der Waals surface area contributed by atoms with E-state index >= 15 is 0 Å². The van der Waals surface area contributed by atoms with Crippen LogP contribution in [-0.4, -0.2) is 18.2 Å². The Kier molecular flexibility index (Phi) is 5.04. The quantitative estimate of drug-likeness (QED) is 0.653. The predicted molar refractivity (Wildman–Crippen MR) is 103 cm³/mol. The average molecular weight is 370 g/mol. The lowest BCUT2D eigenvalue weighted by molar-refractivity contribution is -0.136. The number of ether oxygens (including phenoxy) is 1. The fraction of sp³-hybridized carbons (Fsp3) is 0.200. The highest BCUT2D eigenvalue weighted by atomic mass is 32.1. The number of esters is 1. The molecule has 0 bridgehead atoms. The summed E-state index contributed by atoms with van der Waals surface area (Å²) in [5, 5.41) is 3.66. The number of nitrogens with one attached hydrogen (secondary N) is 1. The van der Waals surface area contributed by atoms with Crippen LogP contribution >= 0.6 is 12.2 Å². The van der Waals surface area contributed by atoms with Gasteiger partial charge in [-0.05, 0) is 55.9 Å². The molecule has 134 valence electrons. The maximum atomic E-state index is 13.3. The number of halogens is 1. The standard InChI is InChI=1S/C20H19FN2O2S/c1-12-5-4-6-14(11-12)18-17(19(24)25-3)13(2)23(20(26)22-18)16-9-7-15(21)8-10-16/h4-11,18H,1-3H3,(H,22,26)/t18-/m1/s1. The highest BCUT2D eigenvalue weighted by molar-refractivity contribution is 7.80. The summed E-state index contributed by atoms with van der Waals surface area (Å²) < 4.78 is 18.3. The van der Waals surface area contributed by atoms with Gasteiger partial charge in [0, 0.05) is 11.4 Å². The van der Waals surface area contributed by atoms with Crippen LogP contribution in [0.25, 0.3) is 0 Å². The number of rotatable bonds is 3. The molecule has 1 N–H and O–H groups in total. The Morgan fingerprint density at radius 3 is 2.50 bits per heavy atom. The van der Waals surface area contributed by atoms with Gasteiger partial charge in [-0.25, -0.2) is 9.18 Å². The number of thiocarbonyl (C=S) groups is 1. The van der Waals surface area contributed by atoms with Crippen LogP contribution in [0.4, 0.5) is 10.1 Å². The van der Waals surface area contributed by atoms with E-state index in [1.54, 1.807) is 17.0 Å². The third-order valence-electron chi connectivity index (χ3n) is 4.35. The van der Waals surface area contributed by atoms with Crippen LogP contribution in [0.2, 0.25) is 0 Å². The third-order valence-corrected chi connectivity index (χ3v) is 4.65. The van der Waals surface area contributed by atoms with Crippen molar-refractivity contribution in [2.45, 2.75) is 19.9 Å². The molecular weight excluding hydrogens is 351 g/mol. The summed E-state index contributed by atoms with van der Waals surface area (Å²) in [6.07, 6.45) is 0. The van der Waals surface area contributed by atoms with E-state index in [2.05, 4.69) is 5.32 Å². The molecule has 1 heterocycles. The van der Waals surface area contributed by atoms with E-state index in [1.165, 1.54) is 19.2 Å². The number of aryl methyl sites for hydroxylation is 1. The Labute approximate surface area is 157 Å². The van der Waals surface area contributed by atoms with Crippen LogP contribution in [0.3, 0.4) is 0 Å². The van der Waals surface area contributed by atoms with Gasteiger partial charge in [0.05, 0.1) is 18.7 Å². The number of hydrogen-bond donors (Lipinski definition) is 1. The summed E-state index contributed by atoms with van der Waals surface area (Å²) in [6, 6.07) is 13.4. The summed E-state index contributed by atoms with van der Waals surface area (Å²) in [5.74, 6) is -0.770. The first-order valence-corrected chi connectivity index (χ1v) is 8.55.